The van der Waals surface area contributed by atoms with Gasteiger partial charge in [0.15, 0.2) is 5.82 Å². The van der Waals surface area contributed by atoms with Crippen molar-refractivity contribution in [2.75, 3.05) is 18.9 Å². The lowest BCUT2D eigenvalue weighted by molar-refractivity contribution is -0.140. The zero-order valence-electron chi connectivity index (χ0n) is 13.8. The molecule has 25 heavy (non-hydrogen) atoms. The molecule has 140 valence electrons. The van der Waals surface area contributed by atoms with Gasteiger partial charge in [0.25, 0.3) is 0 Å². The van der Waals surface area contributed by atoms with Crippen molar-refractivity contribution < 1.29 is 27.4 Å². The first-order valence-electron chi connectivity index (χ1n) is 7.78. The summed E-state index contributed by atoms with van der Waals surface area (Å²) < 4.78 is 58.2. The number of aliphatic hydroxyl groups is 1. The summed E-state index contributed by atoms with van der Waals surface area (Å²) in [5, 5.41) is 12.4. The number of nitrogen functional groups attached to an aromatic ring is 1. The van der Waals surface area contributed by atoms with Gasteiger partial charge in [0.1, 0.15) is 11.1 Å². The molecule has 6 nitrogen and oxygen atoms in total. The highest BCUT2D eigenvalue weighted by Crippen LogP contribution is 2.39. The highest BCUT2D eigenvalue weighted by atomic mass is 19.4. The van der Waals surface area contributed by atoms with Crippen LogP contribution in [-0.4, -0.2) is 39.0 Å². The molecule has 1 aliphatic heterocycles. The number of nitrogens with two attached hydrogens (primary N) is 1. The van der Waals surface area contributed by atoms with Gasteiger partial charge in [0.05, 0.1) is 24.6 Å². The van der Waals surface area contributed by atoms with E-state index in [1.54, 1.807) is 0 Å². The van der Waals surface area contributed by atoms with Gasteiger partial charge in [-0.15, -0.1) is 5.10 Å². The van der Waals surface area contributed by atoms with Gasteiger partial charge in [0, 0.05) is 6.61 Å². The summed E-state index contributed by atoms with van der Waals surface area (Å²) in [6, 6.07) is 0. The second kappa shape index (κ2) is 7.52. The Morgan fingerprint density at radius 3 is 2.52 bits per heavy atom. The summed E-state index contributed by atoms with van der Waals surface area (Å²) in [4.78, 5) is 3.50. The van der Waals surface area contributed by atoms with Crippen molar-refractivity contribution in [3.05, 3.63) is 23.3 Å². The van der Waals surface area contributed by atoms with Crippen LogP contribution in [0.1, 0.15) is 43.9 Å². The van der Waals surface area contributed by atoms with Crippen LogP contribution in [0, 0.1) is 5.82 Å². The molecule has 0 bridgehead atoms. The van der Waals surface area contributed by atoms with Crippen LogP contribution in [0.2, 0.25) is 0 Å². The molecule has 0 aliphatic carbocycles. The van der Waals surface area contributed by atoms with Crippen LogP contribution in [0.3, 0.4) is 0 Å². The van der Waals surface area contributed by atoms with Crippen LogP contribution in [0.4, 0.5) is 23.5 Å². The molecule has 1 aliphatic rings. The monoisotopic (exact) mass is 364 g/mol. The molecule has 1 saturated heterocycles. The van der Waals surface area contributed by atoms with Gasteiger partial charge in [0.2, 0.25) is 5.95 Å². The van der Waals surface area contributed by atoms with Crippen molar-refractivity contribution in [3.8, 4) is 0 Å². The topological polar surface area (TPSA) is 85.7 Å². The zero-order chi connectivity index (χ0) is 18.8. The van der Waals surface area contributed by atoms with Gasteiger partial charge >= 0.3 is 6.18 Å². The molecular formula is C15H20F4N4O2. The fourth-order valence-electron chi connectivity index (χ4n) is 2.57. The zero-order valence-corrected chi connectivity index (χ0v) is 13.8. The van der Waals surface area contributed by atoms with E-state index in [9.17, 15) is 17.6 Å². The number of aromatic nitrogens is 3. The Morgan fingerprint density at radius 1 is 1.40 bits per heavy atom. The number of aliphatic hydroxyl groups excluding tert-OH is 1. The number of ether oxygens (including phenoxy) is 1. The number of halogens is 4. The molecule has 0 amide bonds. The summed E-state index contributed by atoms with van der Waals surface area (Å²) >= 11 is 0. The summed E-state index contributed by atoms with van der Waals surface area (Å²) in [6.45, 7) is 4.42. The van der Waals surface area contributed by atoms with E-state index in [-0.39, 0.29) is 23.3 Å². The average Bonchev–Trinajstić information content (AvgIpc) is 2.81. The molecule has 3 heterocycles. The third kappa shape index (κ3) is 4.37. The molecule has 0 spiro atoms. The molecule has 1 atom stereocenters. The van der Waals surface area contributed by atoms with E-state index in [4.69, 9.17) is 15.6 Å². The van der Waals surface area contributed by atoms with Gasteiger partial charge in [-0.1, -0.05) is 13.8 Å². The van der Waals surface area contributed by atoms with Crippen LogP contribution >= 0.6 is 0 Å². The quantitative estimate of drug-likeness (QED) is 0.760. The van der Waals surface area contributed by atoms with Gasteiger partial charge in [-0.2, -0.15) is 13.2 Å². The highest BCUT2D eigenvalue weighted by Gasteiger charge is 2.41. The lowest BCUT2D eigenvalue weighted by Gasteiger charge is -2.15. The normalized spacial score (nSPS) is 18.3. The number of hydrogen-bond acceptors (Lipinski definition) is 5. The van der Waals surface area contributed by atoms with E-state index < -0.39 is 23.5 Å². The van der Waals surface area contributed by atoms with E-state index in [2.05, 4.69) is 10.1 Å². The average molecular weight is 364 g/mol. The smallest absolute Gasteiger partial charge is 0.391 e. The Balaban J connectivity index is 0.000000269. The minimum Gasteiger partial charge on any atom is -0.391 e. The molecule has 10 heteroatoms. The third-order valence-electron chi connectivity index (χ3n) is 3.65. The summed E-state index contributed by atoms with van der Waals surface area (Å²) in [5.41, 5.74) is 3.41. The molecule has 2 aromatic rings. The van der Waals surface area contributed by atoms with E-state index in [1.165, 1.54) is 13.8 Å². The van der Waals surface area contributed by atoms with Crippen LogP contribution < -0.4 is 5.73 Å². The third-order valence-corrected chi connectivity index (χ3v) is 3.65. The standard InChI is InChI=1S/C10H10F4N4.C5H10O2/c1-4(2)8-6(10(12,13)14)7(11)5-3-16-9(15)17-18(5)8;6-5-2-1-3-7-4-5/h3-4H,1-2H3,(H2,15,17);5-6H,1-4H2. The molecular weight excluding hydrogens is 344 g/mol. The number of anilines is 1. The number of alkyl halides is 3. The van der Waals surface area contributed by atoms with E-state index in [0.717, 1.165) is 30.2 Å². The summed E-state index contributed by atoms with van der Waals surface area (Å²) in [7, 11) is 0. The van der Waals surface area contributed by atoms with Gasteiger partial charge in [-0.05, 0) is 18.8 Å². The van der Waals surface area contributed by atoms with E-state index in [0.29, 0.717) is 6.61 Å². The van der Waals surface area contributed by atoms with Crippen molar-refractivity contribution in [2.45, 2.75) is 44.9 Å². The van der Waals surface area contributed by atoms with Gasteiger partial charge < -0.3 is 15.6 Å². The molecule has 0 radical (unpaired) electrons. The first-order chi connectivity index (χ1) is 11.6. The molecule has 3 N–H and O–H groups in total. The minimum absolute atomic E-state index is 0.186. The van der Waals surface area contributed by atoms with Crippen LogP contribution in [0.5, 0.6) is 0 Å². The predicted octanol–water partition coefficient (Wildman–Crippen LogP) is 2.75. The van der Waals surface area contributed by atoms with Crippen LogP contribution in [0.15, 0.2) is 6.20 Å². The number of nitrogens with zero attached hydrogens (tertiary/aromatic N) is 3. The number of hydrogen-bond donors (Lipinski definition) is 2. The lowest BCUT2D eigenvalue weighted by Crippen LogP contribution is -2.21. The second-order valence-electron chi connectivity index (χ2n) is 6.01. The maximum atomic E-state index is 13.8. The Kier molecular flexibility index (Phi) is 5.83. The fourth-order valence-corrected chi connectivity index (χ4v) is 2.57. The molecule has 2 aromatic heterocycles. The van der Waals surface area contributed by atoms with Crippen molar-refractivity contribution in [1.29, 1.82) is 0 Å². The van der Waals surface area contributed by atoms with Gasteiger partial charge in [-0.3, -0.25) is 0 Å². The van der Waals surface area contributed by atoms with Crippen LogP contribution in [-0.2, 0) is 10.9 Å². The predicted molar refractivity (Wildman–Crippen MR) is 82.5 cm³/mol. The number of rotatable bonds is 1. The van der Waals surface area contributed by atoms with E-state index >= 15 is 0 Å². The Hall–Kier alpha value is -1.94. The van der Waals surface area contributed by atoms with Gasteiger partial charge in [-0.25, -0.2) is 13.9 Å². The van der Waals surface area contributed by atoms with Crippen LogP contribution in [0.25, 0.3) is 5.52 Å². The molecule has 1 fully saturated rings. The largest absolute Gasteiger partial charge is 0.421 e. The molecule has 1 unspecified atom stereocenters. The Morgan fingerprint density at radius 2 is 2.08 bits per heavy atom. The molecule has 0 aromatic carbocycles. The summed E-state index contributed by atoms with van der Waals surface area (Å²) in [5.74, 6) is -2.15. The maximum absolute atomic E-state index is 13.8. The lowest BCUT2D eigenvalue weighted by atomic mass is 10.1. The number of fused-ring (bicyclic) bond motifs is 1. The Labute approximate surface area is 141 Å². The SMILES string of the molecule is CC(C)c1c(C(F)(F)F)c(F)c2cnc(N)nn12.OC1CCCOC1. The van der Waals surface area contributed by atoms with Crippen molar-refractivity contribution in [2.24, 2.45) is 0 Å². The highest BCUT2D eigenvalue weighted by molar-refractivity contribution is 5.55. The van der Waals surface area contributed by atoms with Crippen molar-refractivity contribution in [1.82, 2.24) is 14.6 Å². The van der Waals surface area contributed by atoms with Crippen molar-refractivity contribution >= 4 is 11.5 Å². The summed E-state index contributed by atoms with van der Waals surface area (Å²) in [6.07, 6.45) is -2.10. The maximum Gasteiger partial charge on any atom is 0.421 e. The molecule has 3 rings (SSSR count). The first kappa shape index (κ1) is 19.4. The van der Waals surface area contributed by atoms with E-state index in [1.807, 2.05) is 0 Å². The second-order valence-corrected chi connectivity index (χ2v) is 6.01. The Bertz CT molecular complexity index is 724. The van der Waals surface area contributed by atoms with Crippen molar-refractivity contribution in [3.63, 3.8) is 0 Å². The first-order valence-corrected chi connectivity index (χ1v) is 7.78. The molecule has 0 saturated carbocycles. The minimum atomic E-state index is -4.79. The fraction of sp³-hybridized carbons (Fsp3) is 0.600.